The second-order valence-electron chi connectivity index (χ2n) is 7.39. The number of nitrogens with one attached hydrogen (secondary N) is 1. The van der Waals surface area contributed by atoms with E-state index in [2.05, 4.69) is 85.9 Å². The molecule has 0 radical (unpaired) electrons. The maximum absolute atomic E-state index is 6.00. The summed E-state index contributed by atoms with van der Waals surface area (Å²) in [5.74, 6) is 1.54. The summed E-state index contributed by atoms with van der Waals surface area (Å²) < 4.78 is 11.6. The van der Waals surface area contributed by atoms with Crippen molar-refractivity contribution in [1.82, 2.24) is 5.32 Å². The van der Waals surface area contributed by atoms with Crippen LogP contribution in [0.15, 0.2) is 72.8 Å². The molecule has 0 bridgehead atoms. The van der Waals surface area contributed by atoms with Gasteiger partial charge in [0.1, 0.15) is 6.61 Å². The van der Waals surface area contributed by atoms with Crippen LogP contribution in [-0.4, -0.2) is 7.11 Å². The molecule has 0 heterocycles. The maximum Gasteiger partial charge on any atom is 0.161 e. The molecule has 0 aliphatic rings. The molecule has 0 fully saturated rings. The average Bonchev–Trinajstić information content (AvgIpc) is 2.77. The second kappa shape index (κ2) is 10.7. The fourth-order valence-corrected chi connectivity index (χ4v) is 3.39. The van der Waals surface area contributed by atoms with Crippen molar-refractivity contribution in [3.05, 3.63) is 95.1 Å². The van der Waals surface area contributed by atoms with E-state index in [1.165, 1.54) is 16.7 Å². The first-order valence-corrected chi connectivity index (χ1v) is 10.3. The van der Waals surface area contributed by atoms with Gasteiger partial charge in [0.05, 0.1) is 7.11 Å². The SMILES string of the molecule is CCCC(NCc1ccc(OCc2ccc(C)cc2)c(OC)c1)c1ccccc1. The van der Waals surface area contributed by atoms with Crippen LogP contribution in [0.1, 0.15) is 48.1 Å². The molecule has 0 aliphatic heterocycles. The van der Waals surface area contributed by atoms with Gasteiger partial charge in [0.2, 0.25) is 0 Å². The summed E-state index contributed by atoms with van der Waals surface area (Å²) in [6.07, 6.45) is 2.25. The lowest BCUT2D eigenvalue weighted by molar-refractivity contribution is 0.284. The molecule has 0 amide bonds. The van der Waals surface area contributed by atoms with E-state index in [-0.39, 0.29) is 0 Å². The van der Waals surface area contributed by atoms with Crippen molar-refractivity contribution in [2.24, 2.45) is 0 Å². The molecule has 3 heteroatoms. The van der Waals surface area contributed by atoms with Crippen LogP contribution in [0.5, 0.6) is 11.5 Å². The highest BCUT2D eigenvalue weighted by atomic mass is 16.5. The summed E-state index contributed by atoms with van der Waals surface area (Å²) in [5, 5.41) is 3.69. The molecule has 0 aromatic heterocycles. The van der Waals surface area contributed by atoms with Crippen molar-refractivity contribution < 1.29 is 9.47 Å². The fourth-order valence-electron chi connectivity index (χ4n) is 3.39. The number of hydrogen-bond acceptors (Lipinski definition) is 3. The lowest BCUT2D eigenvalue weighted by atomic mass is 10.0. The van der Waals surface area contributed by atoms with Crippen LogP contribution < -0.4 is 14.8 Å². The number of methoxy groups -OCH3 is 1. The lowest BCUT2D eigenvalue weighted by Crippen LogP contribution is -2.20. The highest BCUT2D eigenvalue weighted by molar-refractivity contribution is 5.43. The molecule has 0 spiro atoms. The van der Waals surface area contributed by atoms with Gasteiger partial charge in [0.25, 0.3) is 0 Å². The van der Waals surface area contributed by atoms with Crippen LogP contribution >= 0.6 is 0 Å². The van der Waals surface area contributed by atoms with Gasteiger partial charge in [0, 0.05) is 12.6 Å². The van der Waals surface area contributed by atoms with Crippen LogP contribution in [0.3, 0.4) is 0 Å². The van der Waals surface area contributed by atoms with Gasteiger partial charge in [-0.15, -0.1) is 0 Å². The van der Waals surface area contributed by atoms with Gasteiger partial charge in [-0.25, -0.2) is 0 Å². The molecule has 3 aromatic rings. The van der Waals surface area contributed by atoms with Gasteiger partial charge < -0.3 is 14.8 Å². The zero-order valence-corrected chi connectivity index (χ0v) is 17.7. The van der Waals surface area contributed by atoms with E-state index < -0.39 is 0 Å². The van der Waals surface area contributed by atoms with Gasteiger partial charge in [-0.2, -0.15) is 0 Å². The molecule has 3 aromatic carbocycles. The Morgan fingerprint density at radius 1 is 0.862 bits per heavy atom. The van der Waals surface area contributed by atoms with Crippen molar-refractivity contribution in [1.29, 1.82) is 0 Å². The van der Waals surface area contributed by atoms with E-state index in [1.807, 2.05) is 6.07 Å². The summed E-state index contributed by atoms with van der Waals surface area (Å²) in [5.41, 5.74) is 4.91. The predicted molar refractivity (Wildman–Crippen MR) is 119 cm³/mol. The van der Waals surface area contributed by atoms with Gasteiger partial charge in [0.15, 0.2) is 11.5 Å². The highest BCUT2D eigenvalue weighted by Gasteiger charge is 2.11. The molecule has 3 rings (SSSR count). The quantitative estimate of drug-likeness (QED) is 0.447. The zero-order valence-electron chi connectivity index (χ0n) is 17.7. The van der Waals surface area contributed by atoms with E-state index in [1.54, 1.807) is 7.11 Å². The third kappa shape index (κ3) is 6.10. The number of hydrogen-bond donors (Lipinski definition) is 1. The monoisotopic (exact) mass is 389 g/mol. The molecule has 29 heavy (non-hydrogen) atoms. The largest absolute Gasteiger partial charge is 0.493 e. The van der Waals surface area contributed by atoms with Crippen molar-refractivity contribution in [2.75, 3.05) is 7.11 Å². The van der Waals surface area contributed by atoms with Crippen molar-refractivity contribution in [3.63, 3.8) is 0 Å². The predicted octanol–water partition coefficient (Wildman–Crippen LogP) is 6.21. The molecule has 0 saturated carbocycles. The Labute approximate surface area is 174 Å². The summed E-state index contributed by atoms with van der Waals surface area (Å²) in [7, 11) is 1.69. The van der Waals surface area contributed by atoms with E-state index in [9.17, 15) is 0 Å². The molecule has 3 nitrogen and oxygen atoms in total. The molecular weight excluding hydrogens is 358 g/mol. The number of benzene rings is 3. The minimum Gasteiger partial charge on any atom is -0.493 e. The Kier molecular flexibility index (Phi) is 7.71. The number of aryl methyl sites for hydroxylation is 1. The van der Waals surface area contributed by atoms with Gasteiger partial charge in [-0.05, 0) is 42.2 Å². The Hall–Kier alpha value is -2.78. The maximum atomic E-state index is 6.00. The zero-order chi connectivity index (χ0) is 20.5. The molecule has 152 valence electrons. The van der Waals surface area contributed by atoms with E-state index in [0.29, 0.717) is 12.6 Å². The Morgan fingerprint density at radius 3 is 2.28 bits per heavy atom. The van der Waals surface area contributed by atoms with E-state index in [4.69, 9.17) is 9.47 Å². The Morgan fingerprint density at radius 2 is 1.59 bits per heavy atom. The smallest absolute Gasteiger partial charge is 0.161 e. The minimum atomic E-state index is 0.352. The number of ether oxygens (including phenoxy) is 2. The Bertz CT molecular complexity index is 875. The summed E-state index contributed by atoms with van der Waals surface area (Å²) >= 11 is 0. The van der Waals surface area contributed by atoms with Crippen LogP contribution in [0.4, 0.5) is 0 Å². The first-order chi connectivity index (χ1) is 14.2. The third-order valence-corrected chi connectivity index (χ3v) is 5.07. The van der Waals surface area contributed by atoms with Crippen LogP contribution in [0.2, 0.25) is 0 Å². The molecule has 0 aliphatic carbocycles. The highest BCUT2D eigenvalue weighted by Crippen LogP contribution is 2.29. The third-order valence-electron chi connectivity index (χ3n) is 5.07. The molecular formula is C26H31NO2. The topological polar surface area (TPSA) is 30.5 Å². The first-order valence-electron chi connectivity index (χ1n) is 10.3. The van der Waals surface area contributed by atoms with Gasteiger partial charge >= 0.3 is 0 Å². The van der Waals surface area contributed by atoms with E-state index >= 15 is 0 Å². The Balaban J connectivity index is 1.63. The van der Waals surface area contributed by atoms with Crippen molar-refractivity contribution >= 4 is 0 Å². The summed E-state index contributed by atoms with van der Waals surface area (Å²) in [4.78, 5) is 0. The molecule has 1 atom stereocenters. The van der Waals surface area contributed by atoms with Gasteiger partial charge in [-0.1, -0.05) is 79.6 Å². The van der Waals surface area contributed by atoms with Crippen LogP contribution in [-0.2, 0) is 13.2 Å². The molecule has 1 unspecified atom stereocenters. The van der Waals surface area contributed by atoms with Crippen molar-refractivity contribution in [3.8, 4) is 11.5 Å². The fraction of sp³-hybridized carbons (Fsp3) is 0.308. The normalized spacial score (nSPS) is 11.8. The average molecular weight is 390 g/mol. The standard InChI is InChI=1S/C26H31NO2/c1-4-8-24(23-9-6-5-7-10-23)27-18-22-15-16-25(26(17-22)28-3)29-19-21-13-11-20(2)12-14-21/h5-7,9-17,24,27H,4,8,18-19H2,1-3H3. The number of rotatable bonds is 10. The first kappa shape index (κ1) is 20.9. The lowest BCUT2D eigenvalue weighted by Gasteiger charge is -2.19. The second-order valence-corrected chi connectivity index (χ2v) is 7.39. The minimum absolute atomic E-state index is 0.352. The molecule has 1 N–H and O–H groups in total. The summed E-state index contributed by atoms with van der Waals surface area (Å²) in [6, 6.07) is 25.6. The van der Waals surface area contributed by atoms with Crippen LogP contribution in [0, 0.1) is 6.92 Å². The van der Waals surface area contributed by atoms with Crippen LogP contribution in [0.25, 0.3) is 0 Å². The van der Waals surface area contributed by atoms with Crippen molar-refractivity contribution in [2.45, 2.75) is 45.9 Å². The van der Waals surface area contributed by atoms with Gasteiger partial charge in [-0.3, -0.25) is 0 Å². The molecule has 0 saturated heterocycles. The summed E-state index contributed by atoms with van der Waals surface area (Å²) in [6.45, 7) is 5.62. The van der Waals surface area contributed by atoms with E-state index in [0.717, 1.165) is 36.4 Å².